The average molecular weight is 298 g/mol. The quantitative estimate of drug-likeness (QED) is 0.832. The van der Waals surface area contributed by atoms with E-state index in [0.29, 0.717) is 12.5 Å². The van der Waals surface area contributed by atoms with E-state index in [4.69, 9.17) is 0 Å². The lowest BCUT2D eigenvalue weighted by molar-refractivity contribution is -0.125. The van der Waals surface area contributed by atoms with Crippen molar-refractivity contribution in [2.45, 2.75) is 26.2 Å². The highest BCUT2D eigenvalue weighted by Gasteiger charge is 2.29. The highest BCUT2D eigenvalue weighted by atomic mass is 79.9. The zero-order chi connectivity index (χ0) is 12.9. The molecule has 0 fully saturated rings. The lowest BCUT2D eigenvalue weighted by atomic mass is 9.83. The van der Waals surface area contributed by atoms with Gasteiger partial charge in [-0.25, -0.2) is 0 Å². The molecule has 1 amide bonds. The van der Waals surface area contributed by atoms with Gasteiger partial charge in [0.2, 0.25) is 5.91 Å². The molecule has 0 radical (unpaired) electrons. The number of carbonyl (C=O) groups excluding carboxylic acids is 1. The summed E-state index contributed by atoms with van der Waals surface area (Å²) in [5.41, 5.74) is 0.566. The van der Waals surface area contributed by atoms with Crippen LogP contribution in [0.5, 0.6) is 0 Å². The normalized spacial score (nSPS) is 13.2. The second-order valence-corrected chi connectivity index (χ2v) is 5.61. The predicted molar refractivity (Wildman–Crippen MR) is 75.4 cm³/mol. The predicted octanol–water partition coefficient (Wildman–Crippen LogP) is 3.11. The Bertz CT molecular complexity index is 362. The molecule has 1 aromatic carbocycles. The van der Waals surface area contributed by atoms with Crippen LogP contribution in [-0.4, -0.2) is 17.8 Å². The molecule has 1 rings (SSSR count). The Kier molecular flexibility index (Phi) is 5.19. The number of rotatable bonds is 5. The molecule has 3 heteroatoms. The van der Waals surface area contributed by atoms with E-state index in [-0.39, 0.29) is 5.91 Å². The molecule has 0 saturated carbocycles. The highest BCUT2D eigenvalue weighted by Crippen LogP contribution is 2.22. The van der Waals surface area contributed by atoms with Crippen LogP contribution >= 0.6 is 15.9 Å². The van der Waals surface area contributed by atoms with Gasteiger partial charge in [-0.3, -0.25) is 4.79 Å². The summed E-state index contributed by atoms with van der Waals surface area (Å²) in [7, 11) is 0. The fraction of sp³-hybridized carbons (Fsp3) is 0.500. The summed E-state index contributed by atoms with van der Waals surface area (Å²) < 4.78 is 0. The van der Waals surface area contributed by atoms with Crippen LogP contribution in [0.3, 0.4) is 0 Å². The van der Waals surface area contributed by atoms with Crippen molar-refractivity contribution < 1.29 is 4.79 Å². The smallest absolute Gasteiger partial charge is 0.230 e. The minimum absolute atomic E-state index is 0.0801. The van der Waals surface area contributed by atoms with Gasteiger partial charge in [0.15, 0.2) is 0 Å². The van der Waals surface area contributed by atoms with Crippen LogP contribution in [0.1, 0.15) is 26.3 Å². The fourth-order valence-electron chi connectivity index (χ4n) is 1.53. The van der Waals surface area contributed by atoms with Gasteiger partial charge in [0, 0.05) is 11.9 Å². The summed E-state index contributed by atoms with van der Waals surface area (Å²) >= 11 is 3.41. The first-order valence-electron chi connectivity index (χ1n) is 5.88. The molecule has 1 aromatic rings. The van der Waals surface area contributed by atoms with Crippen LogP contribution in [0.25, 0.3) is 0 Å². The van der Waals surface area contributed by atoms with Gasteiger partial charge in [0.1, 0.15) is 0 Å². The molecule has 17 heavy (non-hydrogen) atoms. The van der Waals surface area contributed by atoms with E-state index < -0.39 is 5.41 Å². The minimum Gasteiger partial charge on any atom is -0.355 e. The van der Waals surface area contributed by atoms with Crippen LogP contribution < -0.4 is 5.32 Å². The minimum atomic E-state index is -0.479. The molecule has 0 bridgehead atoms. The van der Waals surface area contributed by atoms with E-state index in [9.17, 15) is 4.79 Å². The van der Waals surface area contributed by atoms with E-state index in [1.807, 2.05) is 44.2 Å². The van der Waals surface area contributed by atoms with Crippen molar-refractivity contribution in [3.05, 3.63) is 35.9 Å². The third-order valence-corrected chi connectivity index (χ3v) is 4.04. The second kappa shape index (κ2) is 6.20. The third-order valence-electron chi connectivity index (χ3n) is 2.94. The maximum absolute atomic E-state index is 12.2. The first-order valence-corrected chi connectivity index (χ1v) is 7.00. The number of hydrogen-bond donors (Lipinski definition) is 1. The lowest BCUT2D eigenvalue weighted by Gasteiger charge is -2.25. The second-order valence-electron chi connectivity index (χ2n) is 4.96. The molecule has 0 saturated heterocycles. The summed E-state index contributed by atoms with van der Waals surface area (Å²) in [4.78, 5) is 12.2. The Morgan fingerprint density at radius 3 is 2.47 bits per heavy atom. The number of carbonyl (C=O) groups is 1. The van der Waals surface area contributed by atoms with Gasteiger partial charge >= 0.3 is 0 Å². The van der Waals surface area contributed by atoms with E-state index in [1.165, 1.54) is 0 Å². The van der Waals surface area contributed by atoms with Crippen LogP contribution in [0, 0.1) is 5.92 Å². The van der Waals surface area contributed by atoms with Gasteiger partial charge < -0.3 is 5.32 Å². The molecule has 0 aromatic heterocycles. The Labute approximate surface area is 112 Å². The maximum atomic E-state index is 12.2. The monoisotopic (exact) mass is 297 g/mol. The third kappa shape index (κ3) is 3.84. The molecule has 2 nitrogen and oxygen atoms in total. The first kappa shape index (κ1) is 14.2. The zero-order valence-corrected chi connectivity index (χ0v) is 12.3. The summed E-state index contributed by atoms with van der Waals surface area (Å²) in [6.07, 6.45) is 0. The Morgan fingerprint density at radius 2 is 1.94 bits per heavy atom. The summed E-state index contributed by atoms with van der Waals surface area (Å²) in [5, 5.41) is 3.90. The standard InChI is InChI=1S/C14H20BrNO/c1-11(9-15)10-16-13(17)14(2,3)12-7-5-4-6-8-12/h4-8,11H,9-10H2,1-3H3,(H,16,17). The molecular weight excluding hydrogens is 278 g/mol. The topological polar surface area (TPSA) is 29.1 Å². The summed E-state index contributed by atoms with van der Waals surface area (Å²) in [5.74, 6) is 0.530. The molecular formula is C14H20BrNO. The number of hydrogen-bond acceptors (Lipinski definition) is 1. The molecule has 0 heterocycles. The molecule has 0 spiro atoms. The number of nitrogens with one attached hydrogen (secondary N) is 1. The number of alkyl halides is 1. The van der Waals surface area contributed by atoms with Crippen molar-refractivity contribution >= 4 is 21.8 Å². The molecule has 0 aliphatic heterocycles. The van der Waals surface area contributed by atoms with Crippen LogP contribution in [0.15, 0.2) is 30.3 Å². The Hall–Kier alpha value is -0.830. The van der Waals surface area contributed by atoms with E-state index in [1.54, 1.807) is 0 Å². The Balaban J connectivity index is 2.67. The fourth-order valence-corrected chi connectivity index (χ4v) is 1.76. The molecule has 0 aliphatic rings. The molecule has 94 valence electrons. The number of amides is 1. The maximum Gasteiger partial charge on any atom is 0.230 e. The van der Waals surface area contributed by atoms with Gasteiger partial charge in [0.25, 0.3) is 0 Å². The van der Waals surface area contributed by atoms with Crippen LogP contribution in [0.4, 0.5) is 0 Å². The van der Waals surface area contributed by atoms with E-state index >= 15 is 0 Å². The first-order chi connectivity index (χ1) is 7.98. The highest BCUT2D eigenvalue weighted by molar-refractivity contribution is 9.09. The average Bonchev–Trinajstić information content (AvgIpc) is 2.36. The van der Waals surface area contributed by atoms with Crippen LogP contribution in [-0.2, 0) is 10.2 Å². The SMILES string of the molecule is CC(CBr)CNC(=O)C(C)(C)c1ccccc1. The van der Waals surface area contributed by atoms with Crippen molar-refractivity contribution in [2.24, 2.45) is 5.92 Å². The van der Waals surface area contributed by atoms with Gasteiger partial charge in [-0.15, -0.1) is 0 Å². The Morgan fingerprint density at radius 1 is 1.35 bits per heavy atom. The van der Waals surface area contributed by atoms with Gasteiger partial charge in [0.05, 0.1) is 5.41 Å². The zero-order valence-electron chi connectivity index (χ0n) is 10.7. The van der Waals surface area contributed by atoms with E-state index in [2.05, 4.69) is 28.2 Å². The van der Waals surface area contributed by atoms with Crippen molar-refractivity contribution in [3.63, 3.8) is 0 Å². The largest absolute Gasteiger partial charge is 0.355 e. The molecule has 1 N–H and O–H groups in total. The molecule has 0 aliphatic carbocycles. The van der Waals surface area contributed by atoms with Crippen molar-refractivity contribution in [1.82, 2.24) is 5.32 Å². The summed E-state index contributed by atoms with van der Waals surface area (Å²) in [6, 6.07) is 9.88. The lowest BCUT2D eigenvalue weighted by Crippen LogP contribution is -2.41. The number of halogens is 1. The van der Waals surface area contributed by atoms with Gasteiger partial charge in [-0.2, -0.15) is 0 Å². The molecule has 1 atom stereocenters. The summed E-state index contributed by atoms with van der Waals surface area (Å²) in [6.45, 7) is 6.72. The van der Waals surface area contributed by atoms with Gasteiger partial charge in [-0.05, 0) is 25.3 Å². The molecule has 1 unspecified atom stereocenters. The van der Waals surface area contributed by atoms with Crippen molar-refractivity contribution in [3.8, 4) is 0 Å². The van der Waals surface area contributed by atoms with Crippen molar-refractivity contribution in [1.29, 1.82) is 0 Å². The number of benzene rings is 1. The van der Waals surface area contributed by atoms with Gasteiger partial charge in [-0.1, -0.05) is 53.2 Å². The van der Waals surface area contributed by atoms with E-state index in [0.717, 1.165) is 10.9 Å². The van der Waals surface area contributed by atoms with Crippen LogP contribution in [0.2, 0.25) is 0 Å². The van der Waals surface area contributed by atoms with Crippen molar-refractivity contribution in [2.75, 3.05) is 11.9 Å².